The van der Waals surface area contributed by atoms with Gasteiger partial charge in [0.1, 0.15) is 18.2 Å². The second-order valence-electron chi connectivity index (χ2n) is 4.07. The average molecular weight is 234 g/mol. The van der Waals surface area contributed by atoms with Crippen LogP contribution in [-0.4, -0.2) is 18.2 Å². The van der Waals surface area contributed by atoms with E-state index in [0.29, 0.717) is 25.9 Å². The van der Waals surface area contributed by atoms with Gasteiger partial charge in [0, 0.05) is 6.42 Å². The van der Waals surface area contributed by atoms with E-state index in [9.17, 15) is 9.59 Å². The van der Waals surface area contributed by atoms with Gasteiger partial charge in [0.2, 0.25) is 0 Å². The van der Waals surface area contributed by atoms with Crippen molar-refractivity contribution in [2.45, 2.75) is 38.9 Å². The molecule has 0 fully saturated rings. The van der Waals surface area contributed by atoms with Crippen molar-refractivity contribution in [1.29, 1.82) is 0 Å². The average Bonchev–Trinajstić information content (AvgIpc) is 2.34. The fourth-order valence-corrected chi connectivity index (χ4v) is 1.52. The van der Waals surface area contributed by atoms with Crippen molar-refractivity contribution in [3.63, 3.8) is 0 Å². The number of rotatable bonds is 8. The molecular formula is C14H18O3. The molecule has 92 valence electrons. The van der Waals surface area contributed by atoms with Crippen molar-refractivity contribution in [2.75, 3.05) is 0 Å². The Morgan fingerprint density at radius 2 is 2.06 bits per heavy atom. The highest BCUT2D eigenvalue weighted by molar-refractivity contribution is 5.75. The van der Waals surface area contributed by atoms with Crippen LogP contribution < -0.4 is 0 Å². The van der Waals surface area contributed by atoms with E-state index in [1.807, 2.05) is 30.3 Å². The first-order chi connectivity index (χ1) is 8.22. The topological polar surface area (TPSA) is 43.4 Å². The van der Waals surface area contributed by atoms with E-state index in [2.05, 4.69) is 0 Å². The number of benzene rings is 1. The smallest absolute Gasteiger partial charge is 0.148 e. The molecule has 3 nitrogen and oxygen atoms in total. The molecule has 1 rings (SSSR count). The lowest BCUT2D eigenvalue weighted by Gasteiger charge is -2.11. The highest BCUT2D eigenvalue weighted by Gasteiger charge is 2.08. The van der Waals surface area contributed by atoms with Crippen LogP contribution in [-0.2, 0) is 20.9 Å². The van der Waals surface area contributed by atoms with Crippen LogP contribution in [0.1, 0.15) is 31.7 Å². The molecule has 0 amide bonds. The van der Waals surface area contributed by atoms with E-state index in [4.69, 9.17) is 4.74 Å². The summed E-state index contributed by atoms with van der Waals surface area (Å²) in [5, 5.41) is 0. The number of hydrogen-bond donors (Lipinski definition) is 0. The third-order valence-corrected chi connectivity index (χ3v) is 2.48. The van der Waals surface area contributed by atoms with Gasteiger partial charge in [0.05, 0.1) is 6.61 Å². The molecule has 1 aromatic carbocycles. The number of ketones is 1. The molecule has 0 spiro atoms. The quantitative estimate of drug-likeness (QED) is 0.649. The molecule has 0 aliphatic rings. The van der Waals surface area contributed by atoms with Crippen molar-refractivity contribution >= 4 is 12.1 Å². The number of carbonyl (C=O) groups is 2. The maximum atomic E-state index is 10.8. The third kappa shape index (κ3) is 5.97. The zero-order valence-electron chi connectivity index (χ0n) is 10.1. The molecule has 1 unspecified atom stereocenters. The SMILES string of the molecule is CC(=O)CCCC(C=O)OCc1ccccc1. The van der Waals surface area contributed by atoms with E-state index < -0.39 is 6.10 Å². The van der Waals surface area contributed by atoms with Gasteiger partial charge in [-0.3, -0.25) is 0 Å². The highest BCUT2D eigenvalue weighted by atomic mass is 16.5. The number of carbonyl (C=O) groups excluding carboxylic acids is 2. The summed E-state index contributed by atoms with van der Waals surface area (Å²) < 4.78 is 5.48. The van der Waals surface area contributed by atoms with Gasteiger partial charge in [-0.25, -0.2) is 0 Å². The second kappa shape index (κ2) is 7.74. The predicted molar refractivity (Wildman–Crippen MR) is 65.6 cm³/mol. The molecule has 0 bridgehead atoms. The fourth-order valence-electron chi connectivity index (χ4n) is 1.52. The molecular weight excluding hydrogens is 216 g/mol. The maximum Gasteiger partial charge on any atom is 0.148 e. The minimum absolute atomic E-state index is 0.151. The van der Waals surface area contributed by atoms with Gasteiger partial charge in [0.25, 0.3) is 0 Å². The number of Topliss-reactive ketones (excluding diaryl/α,β-unsaturated/α-hetero) is 1. The zero-order chi connectivity index (χ0) is 12.5. The summed E-state index contributed by atoms with van der Waals surface area (Å²) in [6, 6.07) is 9.72. The Hall–Kier alpha value is -1.48. The summed E-state index contributed by atoms with van der Waals surface area (Å²) >= 11 is 0. The van der Waals surface area contributed by atoms with Crippen LogP contribution in [0.2, 0.25) is 0 Å². The van der Waals surface area contributed by atoms with Gasteiger partial charge >= 0.3 is 0 Å². The van der Waals surface area contributed by atoms with E-state index in [0.717, 1.165) is 11.8 Å². The Labute approximate surface area is 102 Å². The maximum absolute atomic E-state index is 10.8. The van der Waals surface area contributed by atoms with Crippen LogP contribution in [0.15, 0.2) is 30.3 Å². The molecule has 3 heteroatoms. The molecule has 1 atom stereocenters. The fraction of sp³-hybridized carbons (Fsp3) is 0.429. The first-order valence-corrected chi connectivity index (χ1v) is 5.82. The van der Waals surface area contributed by atoms with Gasteiger partial charge < -0.3 is 14.3 Å². The van der Waals surface area contributed by atoms with Crippen molar-refractivity contribution in [2.24, 2.45) is 0 Å². The summed E-state index contributed by atoms with van der Waals surface area (Å²) in [6.07, 6.45) is 2.22. The molecule has 0 N–H and O–H groups in total. The lowest BCUT2D eigenvalue weighted by molar-refractivity contribution is -0.121. The van der Waals surface area contributed by atoms with Crippen LogP contribution in [0.5, 0.6) is 0 Å². The Kier molecular flexibility index (Phi) is 6.18. The number of ether oxygens (including phenoxy) is 1. The lowest BCUT2D eigenvalue weighted by Crippen LogP contribution is -2.14. The Morgan fingerprint density at radius 3 is 2.65 bits per heavy atom. The zero-order valence-corrected chi connectivity index (χ0v) is 10.1. The minimum atomic E-state index is -0.408. The van der Waals surface area contributed by atoms with Crippen LogP contribution >= 0.6 is 0 Å². The number of aldehydes is 1. The Bertz CT molecular complexity index is 346. The summed E-state index contributed by atoms with van der Waals surface area (Å²) in [6.45, 7) is 1.99. The molecule has 0 aromatic heterocycles. The molecule has 1 aromatic rings. The van der Waals surface area contributed by atoms with Crippen molar-refractivity contribution in [3.8, 4) is 0 Å². The monoisotopic (exact) mass is 234 g/mol. The minimum Gasteiger partial charge on any atom is -0.366 e. The predicted octanol–water partition coefficient (Wildman–Crippen LogP) is 2.53. The molecule has 0 heterocycles. The van der Waals surface area contributed by atoms with Crippen molar-refractivity contribution in [3.05, 3.63) is 35.9 Å². The molecule has 0 aliphatic heterocycles. The van der Waals surface area contributed by atoms with Crippen LogP contribution in [0.25, 0.3) is 0 Å². The first-order valence-electron chi connectivity index (χ1n) is 5.82. The van der Waals surface area contributed by atoms with E-state index in [-0.39, 0.29) is 5.78 Å². The first kappa shape index (κ1) is 13.6. The van der Waals surface area contributed by atoms with Gasteiger partial charge in [-0.05, 0) is 25.3 Å². The molecule has 0 saturated heterocycles. The van der Waals surface area contributed by atoms with Gasteiger partial charge in [-0.1, -0.05) is 30.3 Å². The highest BCUT2D eigenvalue weighted by Crippen LogP contribution is 2.07. The molecule has 0 saturated carbocycles. The van der Waals surface area contributed by atoms with Crippen LogP contribution in [0, 0.1) is 0 Å². The van der Waals surface area contributed by atoms with Crippen molar-refractivity contribution < 1.29 is 14.3 Å². The number of hydrogen-bond acceptors (Lipinski definition) is 3. The Balaban J connectivity index is 2.27. The lowest BCUT2D eigenvalue weighted by atomic mass is 10.1. The normalized spacial score (nSPS) is 12.1. The van der Waals surface area contributed by atoms with E-state index in [1.54, 1.807) is 6.92 Å². The Morgan fingerprint density at radius 1 is 1.35 bits per heavy atom. The van der Waals surface area contributed by atoms with Crippen LogP contribution in [0.3, 0.4) is 0 Å². The van der Waals surface area contributed by atoms with Crippen LogP contribution in [0.4, 0.5) is 0 Å². The molecule has 0 radical (unpaired) electrons. The van der Waals surface area contributed by atoms with Gasteiger partial charge in [0.15, 0.2) is 0 Å². The summed E-state index contributed by atoms with van der Waals surface area (Å²) in [5.74, 6) is 0.151. The summed E-state index contributed by atoms with van der Waals surface area (Å²) in [5.41, 5.74) is 1.05. The third-order valence-electron chi connectivity index (χ3n) is 2.48. The molecule has 0 aliphatic carbocycles. The van der Waals surface area contributed by atoms with E-state index in [1.165, 1.54) is 0 Å². The standard InChI is InChI=1S/C14H18O3/c1-12(16)6-5-9-14(10-15)17-11-13-7-3-2-4-8-13/h2-4,7-8,10,14H,5-6,9,11H2,1H3. The second-order valence-corrected chi connectivity index (χ2v) is 4.07. The van der Waals surface area contributed by atoms with Gasteiger partial charge in [-0.2, -0.15) is 0 Å². The molecule has 17 heavy (non-hydrogen) atoms. The summed E-state index contributed by atoms with van der Waals surface area (Å²) in [7, 11) is 0. The van der Waals surface area contributed by atoms with Crippen molar-refractivity contribution in [1.82, 2.24) is 0 Å². The summed E-state index contributed by atoms with van der Waals surface area (Å²) in [4.78, 5) is 21.6. The van der Waals surface area contributed by atoms with Gasteiger partial charge in [-0.15, -0.1) is 0 Å². The van der Waals surface area contributed by atoms with E-state index >= 15 is 0 Å². The largest absolute Gasteiger partial charge is 0.366 e.